The molecule has 1 atom stereocenters. The normalized spacial score (nSPS) is 12.5. The minimum Gasteiger partial charge on any atom is -0.368 e. The third-order valence-corrected chi connectivity index (χ3v) is 3.94. The molecule has 0 aliphatic carbocycles. The Labute approximate surface area is 143 Å². The Balaban J connectivity index is 2.09. The van der Waals surface area contributed by atoms with Crippen molar-refractivity contribution in [2.75, 3.05) is 0 Å². The fourth-order valence-electron chi connectivity index (χ4n) is 2.43. The van der Waals surface area contributed by atoms with Crippen molar-refractivity contribution in [2.45, 2.75) is 38.6 Å². The van der Waals surface area contributed by atoms with Crippen LogP contribution < -0.4 is 11.1 Å². The van der Waals surface area contributed by atoms with Crippen LogP contribution in [0.25, 0.3) is 0 Å². The van der Waals surface area contributed by atoms with Gasteiger partial charge in [-0.3, -0.25) is 9.59 Å². The SMILES string of the molecule is CC(C)(C)c1ccc(C[C@H](NC(=O)c2ccccc2)C(N)=O)cc1. The summed E-state index contributed by atoms with van der Waals surface area (Å²) in [5, 5.41) is 2.71. The smallest absolute Gasteiger partial charge is 0.251 e. The first-order chi connectivity index (χ1) is 11.3. The van der Waals surface area contributed by atoms with Crippen LogP contribution >= 0.6 is 0 Å². The van der Waals surface area contributed by atoms with Gasteiger partial charge >= 0.3 is 0 Å². The molecule has 2 amide bonds. The van der Waals surface area contributed by atoms with Crippen LogP contribution in [0, 0.1) is 0 Å². The van der Waals surface area contributed by atoms with Crippen molar-refractivity contribution >= 4 is 11.8 Å². The van der Waals surface area contributed by atoms with Crippen LogP contribution in [0.5, 0.6) is 0 Å². The third-order valence-electron chi connectivity index (χ3n) is 3.94. The molecule has 0 bridgehead atoms. The maximum Gasteiger partial charge on any atom is 0.251 e. The second-order valence-corrected chi connectivity index (χ2v) is 6.95. The number of nitrogens with two attached hydrogens (primary N) is 1. The second kappa shape index (κ2) is 7.30. The molecule has 0 spiro atoms. The molecular weight excluding hydrogens is 300 g/mol. The van der Waals surface area contributed by atoms with Crippen LogP contribution in [0.15, 0.2) is 54.6 Å². The van der Waals surface area contributed by atoms with E-state index in [1.165, 1.54) is 5.56 Å². The minimum absolute atomic E-state index is 0.0726. The number of amides is 2. The summed E-state index contributed by atoms with van der Waals surface area (Å²) in [5.74, 6) is -0.843. The summed E-state index contributed by atoms with van der Waals surface area (Å²) in [7, 11) is 0. The number of carbonyl (C=O) groups excluding carboxylic acids is 2. The second-order valence-electron chi connectivity index (χ2n) is 6.95. The molecule has 0 radical (unpaired) electrons. The topological polar surface area (TPSA) is 72.2 Å². The molecule has 0 saturated carbocycles. The maximum atomic E-state index is 12.2. The van der Waals surface area contributed by atoms with Crippen LogP contribution in [-0.4, -0.2) is 17.9 Å². The first-order valence-corrected chi connectivity index (χ1v) is 8.02. The van der Waals surface area contributed by atoms with E-state index in [-0.39, 0.29) is 11.3 Å². The van der Waals surface area contributed by atoms with Gasteiger partial charge in [-0.25, -0.2) is 0 Å². The number of primary amides is 1. The summed E-state index contributed by atoms with van der Waals surface area (Å²) in [5.41, 5.74) is 8.21. The lowest BCUT2D eigenvalue weighted by Crippen LogP contribution is -2.45. The molecule has 4 heteroatoms. The maximum absolute atomic E-state index is 12.2. The van der Waals surface area contributed by atoms with Crippen molar-refractivity contribution in [3.05, 3.63) is 71.3 Å². The minimum atomic E-state index is -0.738. The van der Waals surface area contributed by atoms with E-state index >= 15 is 0 Å². The van der Waals surface area contributed by atoms with E-state index < -0.39 is 11.9 Å². The predicted octanol–water partition coefficient (Wildman–Crippen LogP) is 2.81. The summed E-state index contributed by atoms with van der Waals surface area (Å²) in [6, 6.07) is 16.1. The largest absolute Gasteiger partial charge is 0.368 e. The Morgan fingerprint density at radius 3 is 2.08 bits per heavy atom. The van der Waals surface area contributed by atoms with Gasteiger partial charge in [-0.2, -0.15) is 0 Å². The van der Waals surface area contributed by atoms with Gasteiger partial charge in [0, 0.05) is 12.0 Å². The van der Waals surface area contributed by atoms with Crippen LogP contribution in [0.4, 0.5) is 0 Å². The van der Waals surface area contributed by atoms with Crippen molar-refractivity contribution in [1.82, 2.24) is 5.32 Å². The molecule has 126 valence electrons. The molecule has 3 N–H and O–H groups in total. The van der Waals surface area contributed by atoms with Gasteiger partial charge in [-0.15, -0.1) is 0 Å². The molecule has 4 nitrogen and oxygen atoms in total. The summed E-state index contributed by atoms with van der Waals surface area (Å²) in [6.45, 7) is 6.44. The van der Waals surface area contributed by atoms with Gasteiger partial charge in [0.15, 0.2) is 0 Å². The van der Waals surface area contributed by atoms with E-state index in [0.29, 0.717) is 12.0 Å². The lowest BCUT2D eigenvalue weighted by atomic mass is 9.86. The average Bonchev–Trinajstić information content (AvgIpc) is 2.54. The highest BCUT2D eigenvalue weighted by Gasteiger charge is 2.20. The van der Waals surface area contributed by atoms with Crippen molar-refractivity contribution in [3.8, 4) is 0 Å². The van der Waals surface area contributed by atoms with Gasteiger partial charge in [0.1, 0.15) is 6.04 Å². The number of carbonyl (C=O) groups is 2. The van der Waals surface area contributed by atoms with E-state index in [9.17, 15) is 9.59 Å². The Kier molecular flexibility index (Phi) is 5.39. The summed E-state index contributed by atoms with van der Waals surface area (Å²) < 4.78 is 0. The molecular formula is C20H24N2O2. The highest BCUT2D eigenvalue weighted by Crippen LogP contribution is 2.22. The van der Waals surface area contributed by atoms with Crippen molar-refractivity contribution in [1.29, 1.82) is 0 Å². The van der Waals surface area contributed by atoms with Crippen molar-refractivity contribution in [3.63, 3.8) is 0 Å². The number of benzene rings is 2. The van der Waals surface area contributed by atoms with Gasteiger partial charge in [-0.1, -0.05) is 63.2 Å². The van der Waals surface area contributed by atoms with Gasteiger partial charge in [0.05, 0.1) is 0 Å². The highest BCUT2D eigenvalue weighted by atomic mass is 16.2. The highest BCUT2D eigenvalue weighted by molar-refractivity contribution is 5.97. The van der Waals surface area contributed by atoms with E-state index in [1.54, 1.807) is 24.3 Å². The van der Waals surface area contributed by atoms with E-state index in [2.05, 4.69) is 26.1 Å². The summed E-state index contributed by atoms with van der Waals surface area (Å²) in [6.07, 6.45) is 0.373. The van der Waals surface area contributed by atoms with E-state index in [0.717, 1.165) is 5.56 Å². The molecule has 0 unspecified atom stereocenters. The molecule has 0 heterocycles. The summed E-state index contributed by atoms with van der Waals surface area (Å²) >= 11 is 0. The fourth-order valence-corrected chi connectivity index (χ4v) is 2.43. The van der Waals surface area contributed by atoms with Gasteiger partial charge in [-0.05, 0) is 28.7 Å². The van der Waals surface area contributed by atoms with Crippen LogP contribution in [0.2, 0.25) is 0 Å². The number of rotatable bonds is 5. The van der Waals surface area contributed by atoms with Crippen LogP contribution in [0.1, 0.15) is 42.3 Å². The zero-order valence-electron chi connectivity index (χ0n) is 14.4. The number of hydrogen-bond donors (Lipinski definition) is 2. The molecule has 0 fully saturated rings. The molecule has 0 saturated heterocycles. The quantitative estimate of drug-likeness (QED) is 0.887. The van der Waals surface area contributed by atoms with Gasteiger partial charge in [0.25, 0.3) is 5.91 Å². The Bertz CT molecular complexity index is 701. The molecule has 24 heavy (non-hydrogen) atoms. The van der Waals surface area contributed by atoms with Gasteiger partial charge < -0.3 is 11.1 Å². The lowest BCUT2D eigenvalue weighted by Gasteiger charge is -2.20. The molecule has 2 aromatic rings. The standard InChI is InChI=1S/C20H24N2O2/c1-20(2,3)16-11-9-14(10-12-16)13-17(18(21)23)22-19(24)15-7-5-4-6-8-15/h4-12,17H,13H2,1-3H3,(H2,21,23)(H,22,24)/t17-/m0/s1. The van der Waals surface area contributed by atoms with Gasteiger partial charge in [0.2, 0.25) is 5.91 Å². The average molecular weight is 324 g/mol. The number of hydrogen-bond acceptors (Lipinski definition) is 2. The van der Waals surface area contributed by atoms with Crippen LogP contribution in [-0.2, 0) is 16.6 Å². The molecule has 2 rings (SSSR count). The van der Waals surface area contributed by atoms with E-state index in [4.69, 9.17) is 5.73 Å². The van der Waals surface area contributed by atoms with Crippen molar-refractivity contribution in [2.24, 2.45) is 5.73 Å². The predicted molar refractivity (Wildman–Crippen MR) is 95.7 cm³/mol. The third kappa shape index (κ3) is 4.69. The zero-order valence-corrected chi connectivity index (χ0v) is 14.4. The molecule has 2 aromatic carbocycles. The molecule has 0 aliphatic heterocycles. The van der Waals surface area contributed by atoms with Crippen LogP contribution in [0.3, 0.4) is 0 Å². The number of nitrogens with one attached hydrogen (secondary N) is 1. The Hall–Kier alpha value is -2.62. The monoisotopic (exact) mass is 324 g/mol. The Morgan fingerprint density at radius 2 is 1.58 bits per heavy atom. The van der Waals surface area contributed by atoms with E-state index in [1.807, 2.05) is 30.3 Å². The summed E-state index contributed by atoms with van der Waals surface area (Å²) in [4.78, 5) is 23.9. The molecule has 0 aliphatic rings. The first-order valence-electron chi connectivity index (χ1n) is 8.02. The molecule has 0 aromatic heterocycles. The fraction of sp³-hybridized carbons (Fsp3) is 0.300. The van der Waals surface area contributed by atoms with Crippen molar-refractivity contribution < 1.29 is 9.59 Å². The lowest BCUT2D eigenvalue weighted by molar-refractivity contribution is -0.119. The first kappa shape index (κ1) is 17.7. The zero-order chi connectivity index (χ0) is 17.7. The Morgan fingerprint density at radius 1 is 1.00 bits per heavy atom.